The normalized spacial score (nSPS) is 17.5. The highest BCUT2D eigenvalue weighted by molar-refractivity contribution is 8.22. The van der Waals surface area contributed by atoms with E-state index in [4.69, 9.17) is 4.74 Å². The Kier molecular flexibility index (Phi) is 4.36. The molecule has 1 atom stereocenters. The summed E-state index contributed by atoms with van der Waals surface area (Å²) in [5.74, 6) is -0.379. The maximum absolute atomic E-state index is 11.1. The van der Waals surface area contributed by atoms with Crippen LogP contribution in [-0.2, 0) is 9.53 Å². The number of esters is 1. The van der Waals surface area contributed by atoms with E-state index in [0.717, 1.165) is 4.91 Å². The van der Waals surface area contributed by atoms with Crippen LogP contribution in [-0.4, -0.2) is 12.6 Å². The Labute approximate surface area is 132 Å². The number of thioether (sulfide) groups is 2. The van der Waals surface area contributed by atoms with Gasteiger partial charge in [-0.3, -0.25) is 0 Å². The average molecular weight is 314 g/mol. The number of carbonyl (C=O) groups is 1. The summed E-state index contributed by atoms with van der Waals surface area (Å²) in [6.45, 7) is 3.72. The molecule has 0 spiro atoms. The maximum atomic E-state index is 11.1. The molecule has 1 aliphatic heterocycles. The van der Waals surface area contributed by atoms with Gasteiger partial charge in [-0.05, 0) is 27.8 Å². The van der Waals surface area contributed by atoms with Crippen molar-refractivity contribution in [3.8, 4) is 0 Å². The molecule has 2 nitrogen and oxygen atoms in total. The minimum atomic E-state index is -0.379. The number of hydrogen-bond acceptors (Lipinski definition) is 4. The highest BCUT2D eigenvalue weighted by Crippen LogP contribution is 2.51. The van der Waals surface area contributed by atoms with E-state index in [1.807, 2.05) is 0 Å². The highest BCUT2D eigenvalue weighted by atomic mass is 32.2. The molecule has 2 aromatic carbocycles. The zero-order valence-corrected chi connectivity index (χ0v) is 13.0. The lowest BCUT2D eigenvalue weighted by molar-refractivity contribution is -0.136. The fourth-order valence-electron chi connectivity index (χ4n) is 2.10. The van der Waals surface area contributed by atoms with Gasteiger partial charge in [-0.15, -0.1) is 23.5 Å². The minimum Gasteiger partial charge on any atom is -0.457 e. The summed E-state index contributed by atoms with van der Waals surface area (Å²) in [7, 11) is 0. The molecule has 0 saturated heterocycles. The third-order valence-corrected chi connectivity index (χ3v) is 5.89. The van der Waals surface area contributed by atoms with Crippen molar-refractivity contribution in [2.75, 3.05) is 6.61 Å². The van der Waals surface area contributed by atoms with Gasteiger partial charge in [0.25, 0.3) is 0 Å². The third-order valence-electron chi connectivity index (χ3n) is 3.15. The van der Waals surface area contributed by atoms with Crippen molar-refractivity contribution < 1.29 is 9.53 Å². The van der Waals surface area contributed by atoms with Crippen molar-refractivity contribution in [1.29, 1.82) is 0 Å². The number of carbonyl (C=O) groups excluding carboxylic acids is 1. The van der Waals surface area contributed by atoms with Crippen molar-refractivity contribution in [1.82, 2.24) is 0 Å². The monoisotopic (exact) mass is 314 g/mol. The van der Waals surface area contributed by atoms with Gasteiger partial charge in [0, 0.05) is 11.0 Å². The van der Waals surface area contributed by atoms with E-state index in [1.54, 1.807) is 23.5 Å². The summed E-state index contributed by atoms with van der Waals surface area (Å²) in [6.07, 6.45) is 1.19. The quantitative estimate of drug-likeness (QED) is 0.593. The Hall–Kier alpha value is -1.65. The van der Waals surface area contributed by atoms with Crippen LogP contribution in [0.5, 0.6) is 0 Å². The first kappa shape index (κ1) is 14.3. The van der Waals surface area contributed by atoms with Crippen molar-refractivity contribution in [2.45, 2.75) is 4.58 Å². The van der Waals surface area contributed by atoms with Gasteiger partial charge in [-0.2, -0.15) is 0 Å². The molecule has 0 saturated carbocycles. The van der Waals surface area contributed by atoms with Gasteiger partial charge in [0.1, 0.15) is 6.61 Å². The van der Waals surface area contributed by atoms with Crippen LogP contribution in [0.15, 0.2) is 65.4 Å². The van der Waals surface area contributed by atoms with E-state index in [0.29, 0.717) is 11.2 Å². The van der Waals surface area contributed by atoms with Crippen LogP contribution >= 0.6 is 23.5 Å². The molecule has 1 aliphatic rings. The molecule has 4 heteroatoms. The lowest BCUT2D eigenvalue weighted by atomic mass is 10.1. The van der Waals surface area contributed by atoms with Crippen molar-refractivity contribution >= 4 is 40.3 Å². The number of hydrogen-bond donors (Lipinski definition) is 0. The van der Waals surface area contributed by atoms with Crippen molar-refractivity contribution in [2.24, 2.45) is 0 Å². The third kappa shape index (κ3) is 3.34. The number of rotatable bonds is 4. The maximum Gasteiger partial charge on any atom is 0.330 e. The summed E-state index contributed by atoms with van der Waals surface area (Å²) in [6, 6.07) is 14.9. The van der Waals surface area contributed by atoms with E-state index >= 15 is 0 Å². The first-order valence-corrected chi connectivity index (χ1v) is 8.37. The minimum absolute atomic E-state index is 0.326. The van der Waals surface area contributed by atoms with Crippen LogP contribution in [0.4, 0.5) is 0 Å². The largest absolute Gasteiger partial charge is 0.457 e. The molecule has 0 amide bonds. The molecular weight excluding hydrogens is 300 g/mol. The van der Waals surface area contributed by atoms with Crippen LogP contribution in [0.2, 0.25) is 0 Å². The molecule has 2 aromatic rings. The van der Waals surface area contributed by atoms with E-state index < -0.39 is 0 Å². The van der Waals surface area contributed by atoms with Gasteiger partial charge in [0.05, 0.1) is 4.58 Å². The standard InChI is InChI=1S/C17H14O2S2/c1-2-16(18)19-10-15-11-20-17(21-15)14-8-7-12-5-3-4-6-13(12)9-14/h2-9,11,17H,1,10H2. The molecule has 3 rings (SSSR count). The van der Waals surface area contributed by atoms with Crippen LogP contribution in [0, 0.1) is 0 Å². The molecule has 0 bridgehead atoms. The topological polar surface area (TPSA) is 26.3 Å². The Bertz CT molecular complexity index is 722. The summed E-state index contributed by atoms with van der Waals surface area (Å²) >= 11 is 3.49. The van der Waals surface area contributed by atoms with Crippen molar-refractivity contribution in [3.63, 3.8) is 0 Å². The molecule has 0 fully saturated rings. The van der Waals surface area contributed by atoms with Gasteiger partial charge >= 0.3 is 5.97 Å². The van der Waals surface area contributed by atoms with Crippen molar-refractivity contribution in [3.05, 3.63) is 71.0 Å². The van der Waals surface area contributed by atoms with E-state index in [9.17, 15) is 4.79 Å². The first-order chi connectivity index (χ1) is 10.3. The summed E-state index contributed by atoms with van der Waals surface area (Å²) < 4.78 is 5.40. The SMILES string of the molecule is C=CC(=O)OCC1=CSC(c2ccc3ccccc3c2)S1. The second-order valence-electron chi connectivity index (χ2n) is 4.59. The molecule has 0 N–H and O–H groups in total. The van der Waals surface area contributed by atoms with Gasteiger partial charge in [-0.1, -0.05) is 43.0 Å². The predicted molar refractivity (Wildman–Crippen MR) is 91.1 cm³/mol. The molecule has 0 aromatic heterocycles. The Morgan fingerprint density at radius 1 is 1.24 bits per heavy atom. The van der Waals surface area contributed by atoms with Gasteiger partial charge in [-0.25, -0.2) is 4.79 Å². The lowest BCUT2D eigenvalue weighted by Gasteiger charge is -2.11. The Balaban J connectivity index is 1.68. The van der Waals surface area contributed by atoms with E-state index in [-0.39, 0.29) is 5.97 Å². The van der Waals surface area contributed by atoms with E-state index in [2.05, 4.69) is 54.5 Å². The summed E-state index contributed by atoms with van der Waals surface area (Å²) in [5, 5.41) is 4.58. The van der Waals surface area contributed by atoms with Crippen LogP contribution in [0.25, 0.3) is 10.8 Å². The molecule has 0 radical (unpaired) electrons. The molecule has 21 heavy (non-hydrogen) atoms. The first-order valence-electron chi connectivity index (χ1n) is 6.55. The van der Waals surface area contributed by atoms with Gasteiger partial charge in [0.2, 0.25) is 0 Å². The molecule has 1 unspecified atom stereocenters. The lowest BCUT2D eigenvalue weighted by Crippen LogP contribution is -2.02. The smallest absolute Gasteiger partial charge is 0.330 e. The second-order valence-corrected chi connectivity index (χ2v) is 7.10. The molecule has 106 valence electrons. The zero-order valence-electron chi connectivity index (χ0n) is 11.3. The number of fused-ring (bicyclic) bond motifs is 1. The van der Waals surface area contributed by atoms with Crippen LogP contribution in [0.3, 0.4) is 0 Å². The van der Waals surface area contributed by atoms with Crippen LogP contribution < -0.4 is 0 Å². The predicted octanol–water partition coefficient (Wildman–Crippen LogP) is 4.89. The van der Waals surface area contributed by atoms with Gasteiger partial charge in [0.15, 0.2) is 0 Å². The Morgan fingerprint density at radius 3 is 2.86 bits per heavy atom. The number of benzene rings is 2. The fourth-order valence-corrected chi connectivity index (χ4v) is 4.58. The molecule has 1 heterocycles. The Morgan fingerprint density at radius 2 is 2.05 bits per heavy atom. The number of ether oxygens (including phenoxy) is 1. The molecule has 0 aliphatic carbocycles. The van der Waals surface area contributed by atoms with Crippen LogP contribution in [0.1, 0.15) is 10.1 Å². The zero-order chi connectivity index (χ0) is 14.7. The van der Waals surface area contributed by atoms with E-state index in [1.165, 1.54) is 22.4 Å². The second kappa shape index (κ2) is 6.41. The molecular formula is C17H14O2S2. The highest BCUT2D eigenvalue weighted by Gasteiger charge is 2.21. The average Bonchev–Trinajstić information content (AvgIpc) is 3.01. The fraction of sp³-hybridized carbons (Fsp3) is 0.118. The van der Waals surface area contributed by atoms with Gasteiger partial charge < -0.3 is 4.74 Å². The summed E-state index contributed by atoms with van der Waals surface area (Å²) in [5.41, 5.74) is 1.28. The summed E-state index contributed by atoms with van der Waals surface area (Å²) in [4.78, 5) is 12.2.